The predicted octanol–water partition coefficient (Wildman–Crippen LogP) is 1.82. The molecular weight excluding hydrogens is 357 g/mol. The third kappa shape index (κ3) is 6.07. The number of benzene rings is 1. The number of hydrogen-bond acceptors (Lipinski definition) is 5. The number of hydrogen-bond donors (Lipinski definition) is 3. The molecule has 1 aromatic carbocycles. The molecule has 0 heterocycles. The predicted molar refractivity (Wildman–Crippen MR) is 96.3 cm³/mol. The van der Waals surface area contributed by atoms with Crippen molar-refractivity contribution < 1.29 is 19.1 Å². The van der Waals surface area contributed by atoms with E-state index in [9.17, 15) is 9.59 Å². The van der Waals surface area contributed by atoms with Crippen molar-refractivity contribution in [3.05, 3.63) is 17.2 Å². The maximum absolute atomic E-state index is 11.9. The Bertz CT molecular complexity index is 582. The fourth-order valence-corrected chi connectivity index (χ4v) is 1.98. The number of anilines is 1. The maximum Gasteiger partial charge on any atom is 0.243 e. The highest BCUT2D eigenvalue weighted by molar-refractivity contribution is 6.32. The van der Waals surface area contributed by atoms with E-state index < -0.39 is 11.9 Å². The molecule has 136 valence electrons. The van der Waals surface area contributed by atoms with Crippen molar-refractivity contribution in [1.29, 1.82) is 0 Å². The summed E-state index contributed by atoms with van der Waals surface area (Å²) in [5, 5.41) is 5.43. The second-order valence-corrected chi connectivity index (χ2v) is 5.63. The van der Waals surface area contributed by atoms with Gasteiger partial charge in [0, 0.05) is 6.07 Å². The first kappa shape index (κ1) is 22.3. The fraction of sp³-hybridized carbons (Fsp3) is 0.467. The Kier molecular flexibility index (Phi) is 9.50. The molecule has 7 nitrogen and oxygen atoms in total. The van der Waals surface area contributed by atoms with Crippen molar-refractivity contribution in [3.8, 4) is 11.5 Å². The number of nitrogens with two attached hydrogens (primary N) is 1. The Morgan fingerprint density at radius 2 is 1.79 bits per heavy atom. The minimum atomic E-state index is -0.659. The maximum atomic E-state index is 11.9. The Balaban J connectivity index is 0.00000529. The van der Waals surface area contributed by atoms with Gasteiger partial charge >= 0.3 is 0 Å². The van der Waals surface area contributed by atoms with Crippen LogP contribution in [0.25, 0.3) is 0 Å². The number of nitrogens with one attached hydrogen (secondary N) is 2. The Morgan fingerprint density at radius 3 is 2.29 bits per heavy atom. The zero-order chi connectivity index (χ0) is 17.6. The van der Waals surface area contributed by atoms with Crippen molar-refractivity contribution in [1.82, 2.24) is 5.32 Å². The monoisotopic (exact) mass is 379 g/mol. The van der Waals surface area contributed by atoms with Gasteiger partial charge in [-0.25, -0.2) is 0 Å². The van der Waals surface area contributed by atoms with E-state index in [4.69, 9.17) is 26.8 Å². The molecule has 0 aliphatic carbocycles. The van der Waals surface area contributed by atoms with Gasteiger partial charge in [0.15, 0.2) is 0 Å². The summed E-state index contributed by atoms with van der Waals surface area (Å²) < 4.78 is 10.3. The van der Waals surface area contributed by atoms with E-state index >= 15 is 0 Å². The fourth-order valence-electron chi connectivity index (χ4n) is 1.74. The van der Waals surface area contributed by atoms with E-state index in [1.807, 2.05) is 13.8 Å². The molecule has 2 amide bonds. The first-order valence-electron chi connectivity index (χ1n) is 7.04. The molecule has 0 aromatic heterocycles. The van der Waals surface area contributed by atoms with Gasteiger partial charge in [0.2, 0.25) is 11.8 Å². The molecule has 1 atom stereocenters. The smallest absolute Gasteiger partial charge is 0.243 e. The van der Waals surface area contributed by atoms with Crippen LogP contribution in [0.15, 0.2) is 12.1 Å². The largest absolute Gasteiger partial charge is 0.495 e. The van der Waals surface area contributed by atoms with Crippen molar-refractivity contribution in [2.24, 2.45) is 11.7 Å². The quantitative estimate of drug-likeness (QED) is 0.670. The molecule has 0 bridgehead atoms. The summed E-state index contributed by atoms with van der Waals surface area (Å²) >= 11 is 6.03. The van der Waals surface area contributed by atoms with Gasteiger partial charge in [-0.3, -0.25) is 9.59 Å². The van der Waals surface area contributed by atoms with Crippen LogP contribution in [0, 0.1) is 5.92 Å². The van der Waals surface area contributed by atoms with E-state index in [2.05, 4.69) is 10.6 Å². The molecule has 0 fully saturated rings. The number of halogens is 2. The molecule has 0 aliphatic rings. The van der Waals surface area contributed by atoms with Crippen molar-refractivity contribution in [2.45, 2.75) is 19.9 Å². The molecule has 9 heteroatoms. The highest BCUT2D eigenvalue weighted by Gasteiger charge is 2.18. The third-order valence-corrected chi connectivity index (χ3v) is 3.49. The van der Waals surface area contributed by atoms with Crippen molar-refractivity contribution >= 4 is 41.5 Å². The molecule has 0 aliphatic heterocycles. The highest BCUT2D eigenvalue weighted by Crippen LogP contribution is 2.35. The number of carbonyl (C=O) groups is 2. The molecule has 4 N–H and O–H groups in total. The lowest BCUT2D eigenvalue weighted by molar-refractivity contribution is -0.125. The summed E-state index contributed by atoms with van der Waals surface area (Å²) in [6, 6.07) is 2.41. The summed E-state index contributed by atoms with van der Waals surface area (Å²) in [6.07, 6.45) is 0. The van der Waals surface area contributed by atoms with Gasteiger partial charge in [-0.05, 0) is 12.0 Å². The zero-order valence-corrected chi connectivity index (χ0v) is 15.6. The van der Waals surface area contributed by atoms with Gasteiger partial charge in [-0.2, -0.15) is 0 Å². The van der Waals surface area contributed by atoms with Gasteiger partial charge in [-0.15, -0.1) is 12.4 Å². The van der Waals surface area contributed by atoms with E-state index in [1.165, 1.54) is 20.3 Å². The topological polar surface area (TPSA) is 103 Å². The minimum Gasteiger partial charge on any atom is -0.495 e. The summed E-state index contributed by atoms with van der Waals surface area (Å²) in [6.45, 7) is 3.45. The first-order valence-corrected chi connectivity index (χ1v) is 7.42. The van der Waals surface area contributed by atoms with Gasteiger partial charge in [-0.1, -0.05) is 25.4 Å². The van der Waals surface area contributed by atoms with Crippen LogP contribution in [0.3, 0.4) is 0 Å². The van der Waals surface area contributed by atoms with E-state index in [0.29, 0.717) is 22.2 Å². The SMILES string of the molecule is COc1cc(OC)c(NC(=O)CNC(=O)[C@@H](N)C(C)C)cc1Cl.Cl. The molecule has 24 heavy (non-hydrogen) atoms. The number of carbonyl (C=O) groups excluding carboxylic acids is 2. The van der Waals surface area contributed by atoms with Crippen LogP contribution < -0.4 is 25.8 Å². The van der Waals surface area contributed by atoms with Gasteiger partial charge < -0.3 is 25.8 Å². The molecule has 0 saturated heterocycles. The number of rotatable bonds is 7. The Hall–Kier alpha value is -1.70. The lowest BCUT2D eigenvalue weighted by atomic mass is 10.1. The Labute approximate surface area is 152 Å². The first-order chi connectivity index (χ1) is 10.8. The van der Waals surface area contributed by atoms with Gasteiger partial charge in [0.05, 0.1) is 37.5 Å². The van der Waals surface area contributed by atoms with E-state index in [0.717, 1.165) is 0 Å². The van der Waals surface area contributed by atoms with Crippen LogP contribution in [-0.4, -0.2) is 38.6 Å². The van der Waals surface area contributed by atoms with E-state index in [1.54, 1.807) is 6.07 Å². The average molecular weight is 380 g/mol. The number of ether oxygens (including phenoxy) is 2. The molecule has 1 aromatic rings. The van der Waals surface area contributed by atoms with Gasteiger partial charge in [0.1, 0.15) is 11.5 Å². The zero-order valence-electron chi connectivity index (χ0n) is 14.0. The summed E-state index contributed by atoms with van der Waals surface area (Å²) in [4.78, 5) is 23.7. The van der Waals surface area contributed by atoms with Crippen LogP contribution in [0.4, 0.5) is 5.69 Å². The van der Waals surface area contributed by atoms with E-state index in [-0.39, 0.29) is 30.8 Å². The van der Waals surface area contributed by atoms with Crippen LogP contribution in [0.5, 0.6) is 11.5 Å². The Morgan fingerprint density at radius 1 is 1.21 bits per heavy atom. The van der Waals surface area contributed by atoms with Crippen LogP contribution in [0.1, 0.15) is 13.8 Å². The third-order valence-electron chi connectivity index (χ3n) is 3.19. The molecule has 0 spiro atoms. The second kappa shape index (κ2) is 10.2. The molecule has 0 radical (unpaired) electrons. The highest BCUT2D eigenvalue weighted by atomic mass is 35.5. The van der Waals surface area contributed by atoms with Gasteiger partial charge in [0.25, 0.3) is 0 Å². The normalized spacial score (nSPS) is 11.3. The van der Waals surface area contributed by atoms with Crippen LogP contribution in [0.2, 0.25) is 5.02 Å². The molecule has 0 unspecified atom stereocenters. The summed E-state index contributed by atoms with van der Waals surface area (Å²) in [7, 11) is 2.94. The molecule has 0 saturated carbocycles. The molecular formula is C15H23Cl2N3O4. The standard InChI is InChI=1S/C15H22ClN3O4.ClH/c1-8(2)14(17)15(21)18-7-13(20)19-10-5-9(16)11(22-3)6-12(10)23-4;/h5-6,8,14H,7,17H2,1-4H3,(H,18,21)(H,19,20);1H/t14-;/m0./s1. The second-order valence-electron chi connectivity index (χ2n) is 5.22. The summed E-state index contributed by atoms with van der Waals surface area (Å²) in [5.41, 5.74) is 6.08. The van der Waals surface area contributed by atoms with Crippen LogP contribution in [-0.2, 0) is 9.59 Å². The molecule has 1 rings (SSSR count). The lowest BCUT2D eigenvalue weighted by Gasteiger charge is -2.16. The van der Waals surface area contributed by atoms with Crippen LogP contribution >= 0.6 is 24.0 Å². The summed E-state index contributed by atoms with van der Waals surface area (Å²) in [5.74, 6) is 0.00445. The minimum absolute atomic E-state index is 0. The average Bonchev–Trinajstić information content (AvgIpc) is 2.52. The van der Waals surface area contributed by atoms with Crippen molar-refractivity contribution in [3.63, 3.8) is 0 Å². The number of amides is 2. The number of methoxy groups -OCH3 is 2. The van der Waals surface area contributed by atoms with Crippen molar-refractivity contribution in [2.75, 3.05) is 26.1 Å². The lowest BCUT2D eigenvalue weighted by Crippen LogP contribution is -2.46.